The van der Waals surface area contributed by atoms with Crippen molar-refractivity contribution < 1.29 is 9.90 Å². The third kappa shape index (κ3) is 6.86. The first kappa shape index (κ1) is 22.4. The molecule has 1 aromatic rings. The number of rotatable bonds is 15. The van der Waals surface area contributed by atoms with Crippen molar-refractivity contribution in [3.8, 4) is 0 Å². The van der Waals surface area contributed by atoms with Crippen molar-refractivity contribution >= 4 is 5.97 Å². The number of carboxylic acids is 1. The average Bonchev–Trinajstić information content (AvgIpc) is 3.61. The molecule has 162 valence electrons. The summed E-state index contributed by atoms with van der Waals surface area (Å²) in [6.07, 6.45) is 19.7. The van der Waals surface area contributed by atoms with Crippen LogP contribution in [0, 0.1) is 17.8 Å². The molecule has 2 fully saturated rings. The molecule has 0 unspecified atom stereocenters. The molecule has 0 radical (unpaired) electrons. The van der Waals surface area contributed by atoms with Crippen molar-refractivity contribution in [2.45, 2.75) is 117 Å². The Morgan fingerprint density at radius 3 is 2.10 bits per heavy atom. The highest BCUT2D eigenvalue weighted by Gasteiger charge is 2.49. The van der Waals surface area contributed by atoms with E-state index in [2.05, 4.69) is 32.0 Å². The minimum atomic E-state index is -0.566. The zero-order chi connectivity index (χ0) is 20.7. The van der Waals surface area contributed by atoms with E-state index in [1.165, 1.54) is 82.6 Å². The van der Waals surface area contributed by atoms with Gasteiger partial charge in [-0.3, -0.25) is 4.79 Å². The molecule has 1 aromatic carbocycles. The lowest BCUT2D eigenvalue weighted by Gasteiger charge is -2.13. The quantitative estimate of drug-likeness (QED) is 0.308. The monoisotopic (exact) mass is 398 g/mol. The molecule has 29 heavy (non-hydrogen) atoms. The summed E-state index contributed by atoms with van der Waals surface area (Å²) in [4.78, 5) is 11.3. The molecule has 0 spiro atoms. The maximum atomic E-state index is 11.3. The van der Waals surface area contributed by atoms with E-state index in [0.717, 1.165) is 31.1 Å². The molecular weight excluding hydrogens is 356 g/mol. The van der Waals surface area contributed by atoms with Gasteiger partial charge in [-0.25, -0.2) is 0 Å². The first-order chi connectivity index (χ1) is 13.9. The van der Waals surface area contributed by atoms with E-state index in [4.69, 9.17) is 0 Å². The summed E-state index contributed by atoms with van der Waals surface area (Å²) in [7, 11) is 0. The summed E-state index contributed by atoms with van der Waals surface area (Å²) in [5, 5.41) is 9.27. The number of aliphatic carboxylic acids is 1. The van der Waals surface area contributed by atoms with Gasteiger partial charge in [0, 0.05) is 0 Å². The van der Waals surface area contributed by atoms with Crippen molar-refractivity contribution in [3.63, 3.8) is 0 Å². The van der Waals surface area contributed by atoms with Gasteiger partial charge in [-0.05, 0) is 93.2 Å². The fraction of sp³-hybridized carbons (Fsp3) is 0.741. The van der Waals surface area contributed by atoms with E-state index in [1.807, 2.05) is 0 Å². The van der Waals surface area contributed by atoms with Crippen LogP contribution in [-0.2, 0) is 17.6 Å². The van der Waals surface area contributed by atoms with Crippen LogP contribution in [0.5, 0.6) is 0 Å². The van der Waals surface area contributed by atoms with Gasteiger partial charge in [0.25, 0.3) is 0 Å². The Kier molecular flexibility index (Phi) is 7.82. The Labute approximate surface area is 178 Å². The van der Waals surface area contributed by atoms with E-state index in [0.29, 0.717) is 0 Å². The highest BCUT2D eigenvalue weighted by molar-refractivity contribution is 5.77. The summed E-state index contributed by atoms with van der Waals surface area (Å²) in [6.45, 7) is 4.71. The number of carboxylic acid groups (broad SMARTS) is 1. The minimum absolute atomic E-state index is 0.334. The summed E-state index contributed by atoms with van der Waals surface area (Å²) in [6, 6.07) is 6.83. The number of carbonyl (C=O) groups is 1. The van der Waals surface area contributed by atoms with Crippen LogP contribution in [0.3, 0.4) is 0 Å². The van der Waals surface area contributed by atoms with Crippen molar-refractivity contribution in [1.29, 1.82) is 0 Å². The molecule has 2 nitrogen and oxygen atoms in total. The fourth-order valence-corrected chi connectivity index (χ4v) is 4.88. The molecule has 3 rings (SSSR count). The molecular formula is C27H42O2. The lowest BCUT2D eigenvalue weighted by Crippen LogP contribution is -2.14. The molecule has 2 heteroatoms. The van der Waals surface area contributed by atoms with E-state index in [-0.39, 0.29) is 5.41 Å². The van der Waals surface area contributed by atoms with Gasteiger partial charge in [-0.15, -0.1) is 0 Å². The second kappa shape index (κ2) is 10.1. The number of hydrogen-bond donors (Lipinski definition) is 1. The fourth-order valence-electron chi connectivity index (χ4n) is 4.88. The van der Waals surface area contributed by atoms with Crippen molar-refractivity contribution in [2.75, 3.05) is 0 Å². The maximum absolute atomic E-state index is 11.3. The van der Waals surface area contributed by atoms with E-state index >= 15 is 0 Å². The Hall–Kier alpha value is -1.31. The molecule has 2 saturated carbocycles. The van der Waals surface area contributed by atoms with Gasteiger partial charge in [0.1, 0.15) is 0 Å². The van der Waals surface area contributed by atoms with Crippen LogP contribution >= 0.6 is 0 Å². The predicted molar refractivity (Wildman–Crippen MR) is 121 cm³/mol. The van der Waals surface area contributed by atoms with Crippen LogP contribution in [0.4, 0.5) is 0 Å². The topological polar surface area (TPSA) is 37.3 Å². The molecule has 2 aliphatic carbocycles. The predicted octanol–water partition coefficient (Wildman–Crippen LogP) is 7.65. The van der Waals surface area contributed by atoms with Crippen LogP contribution in [0.2, 0.25) is 0 Å². The highest BCUT2D eigenvalue weighted by Crippen LogP contribution is 2.50. The van der Waals surface area contributed by atoms with Crippen LogP contribution < -0.4 is 0 Å². The van der Waals surface area contributed by atoms with Gasteiger partial charge in [0.05, 0.1) is 5.41 Å². The number of hydrogen-bond acceptors (Lipinski definition) is 1. The molecule has 0 aliphatic heterocycles. The van der Waals surface area contributed by atoms with Crippen LogP contribution in [0.25, 0.3) is 0 Å². The van der Waals surface area contributed by atoms with E-state index < -0.39 is 5.97 Å². The molecule has 0 amide bonds. The standard InChI is InChI=1S/C27H42O2/c1-22-12-11-14-23(13-7-3-5-9-16-26(2)18-19-26)24(22)15-8-4-6-10-17-27(20-21-27)25(28)29/h11-12,14H,3-10,13,15-21H2,1-2H3,(H,28,29). The summed E-state index contributed by atoms with van der Waals surface area (Å²) >= 11 is 0. The molecule has 0 saturated heterocycles. The zero-order valence-corrected chi connectivity index (χ0v) is 18.9. The van der Waals surface area contributed by atoms with Gasteiger partial charge >= 0.3 is 5.97 Å². The summed E-state index contributed by atoms with van der Waals surface area (Å²) < 4.78 is 0. The summed E-state index contributed by atoms with van der Waals surface area (Å²) in [5.74, 6) is -0.566. The van der Waals surface area contributed by atoms with Crippen LogP contribution in [0.15, 0.2) is 18.2 Å². The first-order valence-corrected chi connectivity index (χ1v) is 12.3. The Morgan fingerprint density at radius 2 is 1.48 bits per heavy atom. The number of benzene rings is 1. The maximum Gasteiger partial charge on any atom is 0.309 e. The first-order valence-electron chi connectivity index (χ1n) is 12.3. The third-order valence-electron chi connectivity index (χ3n) is 7.73. The molecule has 1 N–H and O–H groups in total. The van der Waals surface area contributed by atoms with Crippen molar-refractivity contribution in [1.82, 2.24) is 0 Å². The Balaban J connectivity index is 1.31. The SMILES string of the molecule is Cc1cccc(CCCCCCC2(C)CC2)c1CCCCCCC1(C(=O)O)CC1. The van der Waals surface area contributed by atoms with Gasteiger partial charge < -0.3 is 5.11 Å². The second-order valence-corrected chi connectivity index (χ2v) is 10.4. The normalized spacial score (nSPS) is 18.6. The average molecular weight is 399 g/mol. The van der Waals surface area contributed by atoms with Gasteiger partial charge in [0.15, 0.2) is 0 Å². The minimum Gasteiger partial charge on any atom is -0.481 e. The zero-order valence-electron chi connectivity index (χ0n) is 18.9. The molecule has 2 aliphatic rings. The van der Waals surface area contributed by atoms with Gasteiger partial charge in [-0.2, -0.15) is 0 Å². The lowest BCUT2D eigenvalue weighted by molar-refractivity contribution is -0.143. The second-order valence-electron chi connectivity index (χ2n) is 10.4. The van der Waals surface area contributed by atoms with Crippen molar-refractivity contribution in [3.05, 3.63) is 34.9 Å². The number of unbranched alkanes of at least 4 members (excludes halogenated alkanes) is 6. The van der Waals surface area contributed by atoms with Crippen LogP contribution in [0.1, 0.15) is 114 Å². The highest BCUT2D eigenvalue weighted by atomic mass is 16.4. The molecule has 0 bridgehead atoms. The van der Waals surface area contributed by atoms with Crippen molar-refractivity contribution in [2.24, 2.45) is 10.8 Å². The van der Waals surface area contributed by atoms with E-state index in [9.17, 15) is 9.90 Å². The smallest absolute Gasteiger partial charge is 0.309 e. The third-order valence-corrected chi connectivity index (χ3v) is 7.73. The molecule has 0 atom stereocenters. The number of aryl methyl sites for hydroxylation is 2. The molecule has 0 heterocycles. The largest absolute Gasteiger partial charge is 0.481 e. The van der Waals surface area contributed by atoms with Gasteiger partial charge in [0.2, 0.25) is 0 Å². The van der Waals surface area contributed by atoms with E-state index in [1.54, 1.807) is 11.1 Å². The lowest BCUT2D eigenvalue weighted by atomic mass is 9.92. The van der Waals surface area contributed by atoms with Gasteiger partial charge in [-0.1, -0.05) is 63.6 Å². The molecule has 0 aromatic heterocycles. The summed E-state index contributed by atoms with van der Waals surface area (Å²) in [5.41, 5.74) is 4.99. The van der Waals surface area contributed by atoms with Crippen LogP contribution in [-0.4, -0.2) is 11.1 Å². The Morgan fingerprint density at radius 1 is 0.862 bits per heavy atom. The Bertz CT molecular complexity index is 667.